The molecule has 0 aliphatic heterocycles. The number of nitriles is 1. The van der Waals surface area contributed by atoms with Gasteiger partial charge in [-0.1, -0.05) is 12.8 Å². The Morgan fingerprint density at radius 2 is 2.16 bits per heavy atom. The summed E-state index contributed by atoms with van der Waals surface area (Å²) in [6, 6.07) is 4.37. The van der Waals surface area contributed by atoms with Gasteiger partial charge in [0, 0.05) is 17.6 Å². The quantitative estimate of drug-likeness (QED) is 0.862. The van der Waals surface area contributed by atoms with Crippen molar-refractivity contribution in [3.8, 4) is 6.07 Å². The summed E-state index contributed by atoms with van der Waals surface area (Å²) in [5.74, 6) is 0. The van der Waals surface area contributed by atoms with Crippen LogP contribution in [0.2, 0.25) is 0 Å². The number of pyridine rings is 1. The Kier molecular flexibility index (Phi) is 4.40. The molecule has 1 saturated carbocycles. The number of halogens is 1. The highest BCUT2D eigenvalue weighted by Gasteiger charge is 2.29. The Morgan fingerprint density at radius 1 is 1.42 bits per heavy atom. The van der Waals surface area contributed by atoms with Gasteiger partial charge in [0.2, 0.25) is 10.0 Å². The van der Waals surface area contributed by atoms with Crippen molar-refractivity contribution in [3.05, 3.63) is 24.0 Å². The molecule has 7 heteroatoms. The highest BCUT2D eigenvalue weighted by atomic mass is 35.5. The van der Waals surface area contributed by atoms with Gasteiger partial charge in [0.25, 0.3) is 0 Å². The van der Waals surface area contributed by atoms with Crippen molar-refractivity contribution in [2.24, 2.45) is 0 Å². The fourth-order valence-electron chi connectivity index (χ4n) is 2.17. The monoisotopic (exact) mass is 299 g/mol. The summed E-state index contributed by atoms with van der Waals surface area (Å²) < 4.78 is 27.1. The zero-order valence-electron chi connectivity index (χ0n) is 10.2. The van der Waals surface area contributed by atoms with Crippen molar-refractivity contribution in [2.45, 2.75) is 42.0 Å². The smallest absolute Gasteiger partial charge is 0.243 e. The lowest BCUT2D eigenvalue weighted by molar-refractivity contribution is 0.418. The summed E-state index contributed by atoms with van der Waals surface area (Å²) in [6.07, 6.45) is 4.88. The maximum absolute atomic E-state index is 12.3. The molecule has 2 rings (SSSR count). The third-order valence-electron chi connectivity index (χ3n) is 3.15. The Balaban J connectivity index is 2.25. The number of nitrogens with zero attached hydrogens (tertiary/aromatic N) is 2. The SMILES string of the molecule is N#Cc1ncccc1S(=O)(=O)NC1CCCCC1Cl. The van der Waals surface area contributed by atoms with E-state index < -0.39 is 10.0 Å². The van der Waals surface area contributed by atoms with Gasteiger partial charge < -0.3 is 0 Å². The zero-order valence-corrected chi connectivity index (χ0v) is 11.8. The molecule has 0 bridgehead atoms. The number of nitrogens with one attached hydrogen (secondary N) is 1. The van der Waals surface area contributed by atoms with Crippen molar-refractivity contribution < 1.29 is 8.42 Å². The Morgan fingerprint density at radius 3 is 2.84 bits per heavy atom. The molecule has 2 unspecified atom stereocenters. The fourth-order valence-corrected chi connectivity index (χ4v) is 4.01. The largest absolute Gasteiger partial charge is 0.244 e. The van der Waals surface area contributed by atoms with Crippen LogP contribution in [0.1, 0.15) is 31.4 Å². The number of rotatable bonds is 3. The highest BCUT2D eigenvalue weighted by Crippen LogP contribution is 2.25. The molecule has 0 radical (unpaired) electrons. The summed E-state index contributed by atoms with van der Waals surface area (Å²) >= 11 is 6.14. The van der Waals surface area contributed by atoms with Crippen LogP contribution in [0.5, 0.6) is 0 Å². The molecule has 0 aromatic carbocycles. The first-order valence-corrected chi connectivity index (χ1v) is 7.98. The number of aromatic nitrogens is 1. The number of sulfonamides is 1. The van der Waals surface area contributed by atoms with E-state index >= 15 is 0 Å². The Bertz CT molecular complexity index is 597. The average molecular weight is 300 g/mol. The van der Waals surface area contributed by atoms with Crippen LogP contribution in [0, 0.1) is 11.3 Å². The van der Waals surface area contributed by atoms with E-state index in [2.05, 4.69) is 9.71 Å². The minimum Gasteiger partial charge on any atom is -0.244 e. The van der Waals surface area contributed by atoms with Crippen LogP contribution in [-0.4, -0.2) is 24.8 Å². The molecule has 1 heterocycles. The lowest BCUT2D eigenvalue weighted by atomic mass is 9.96. The van der Waals surface area contributed by atoms with E-state index in [0.717, 1.165) is 25.7 Å². The lowest BCUT2D eigenvalue weighted by Crippen LogP contribution is -2.42. The molecular formula is C12H14ClN3O2S. The van der Waals surface area contributed by atoms with E-state index in [-0.39, 0.29) is 22.0 Å². The van der Waals surface area contributed by atoms with Crippen molar-refractivity contribution >= 4 is 21.6 Å². The maximum Gasteiger partial charge on any atom is 0.243 e. The topological polar surface area (TPSA) is 82.8 Å². The Labute approximate surface area is 117 Å². The van der Waals surface area contributed by atoms with Gasteiger partial charge in [-0.25, -0.2) is 18.1 Å². The summed E-state index contributed by atoms with van der Waals surface area (Å²) in [5, 5.41) is 8.71. The predicted molar refractivity (Wildman–Crippen MR) is 71.2 cm³/mol. The number of hydrogen-bond donors (Lipinski definition) is 1. The molecule has 2 atom stereocenters. The summed E-state index contributed by atoms with van der Waals surface area (Å²) in [7, 11) is -3.76. The van der Waals surface area contributed by atoms with Crippen LogP contribution in [0.3, 0.4) is 0 Å². The first-order valence-electron chi connectivity index (χ1n) is 6.06. The molecule has 1 aromatic rings. The number of alkyl halides is 1. The van der Waals surface area contributed by atoms with Crippen molar-refractivity contribution in [3.63, 3.8) is 0 Å². The van der Waals surface area contributed by atoms with Gasteiger partial charge in [-0.2, -0.15) is 5.26 Å². The highest BCUT2D eigenvalue weighted by molar-refractivity contribution is 7.89. The van der Waals surface area contributed by atoms with Crippen LogP contribution < -0.4 is 4.72 Å². The van der Waals surface area contributed by atoms with E-state index in [0.29, 0.717) is 0 Å². The maximum atomic E-state index is 12.3. The minimum atomic E-state index is -3.76. The molecule has 0 spiro atoms. The molecule has 1 aromatic heterocycles. The molecule has 1 fully saturated rings. The third-order valence-corrected chi connectivity index (χ3v) is 5.20. The lowest BCUT2D eigenvalue weighted by Gasteiger charge is -2.27. The normalized spacial score (nSPS) is 23.8. The van der Waals surface area contributed by atoms with Gasteiger partial charge in [-0.3, -0.25) is 0 Å². The molecule has 5 nitrogen and oxygen atoms in total. The summed E-state index contributed by atoms with van der Waals surface area (Å²) in [4.78, 5) is 3.67. The van der Waals surface area contributed by atoms with Gasteiger partial charge in [-0.05, 0) is 25.0 Å². The van der Waals surface area contributed by atoms with Crippen LogP contribution in [0.25, 0.3) is 0 Å². The van der Waals surface area contributed by atoms with E-state index in [4.69, 9.17) is 16.9 Å². The van der Waals surface area contributed by atoms with Gasteiger partial charge >= 0.3 is 0 Å². The van der Waals surface area contributed by atoms with Crippen LogP contribution >= 0.6 is 11.6 Å². The molecular weight excluding hydrogens is 286 g/mol. The van der Waals surface area contributed by atoms with Gasteiger partial charge in [0.05, 0.1) is 0 Å². The molecule has 0 amide bonds. The van der Waals surface area contributed by atoms with Crippen LogP contribution in [-0.2, 0) is 10.0 Å². The van der Waals surface area contributed by atoms with E-state index in [1.807, 2.05) is 0 Å². The minimum absolute atomic E-state index is 0.0908. The first-order chi connectivity index (χ1) is 9.04. The molecule has 102 valence electrons. The van der Waals surface area contributed by atoms with Gasteiger partial charge in [-0.15, -0.1) is 11.6 Å². The summed E-state index contributed by atoms with van der Waals surface area (Å²) in [5.41, 5.74) is -0.100. The van der Waals surface area contributed by atoms with Crippen molar-refractivity contribution in [1.82, 2.24) is 9.71 Å². The van der Waals surface area contributed by atoms with Crippen LogP contribution in [0.4, 0.5) is 0 Å². The zero-order chi connectivity index (χ0) is 13.9. The second-order valence-electron chi connectivity index (χ2n) is 4.49. The first kappa shape index (κ1) is 14.3. The van der Waals surface area contributed by atoms with Crippen LogP contribution in [0.15, 0.2) is 23.2 Å². The number of hydrogen-bond acceptors (Lipinski definition) is 4. The van der Waals surface area contributed by atoms with E-state index in [9.17, 15) is 8.42 Å². The molecule has 19 heavy (non-hydrogen) atoms. The Hall–Kier alpha value is -1.16. The third kappa shape index (κ3) is 3.24. The van der Waals surface area contributed by atoms with E-state index in [1.165, 1.54) is 18.3 Å². The molecule has 1 N–H and O–H groups in total. The fraction of sp³-hybridized carbons (Fsp3) is 0.500. The predicted octanol–water partition coefficient (Wildman–Crippen LogP) is 1.78. The standard InChI is InChI=1S/C12H14ClN3O2S/c13-9-4-1-2-5-10(9)16-19(17,18)12-6-3-7-15-11(12)8-14/h3,6-7,9-10,16H,1-2,4-5H2. The molecule has 1 aliphatic carbocycles. The second-order valence-corrected chi connectivity index (χ2v) is 6.73. The second kappa shape index (κ2) is 5.87. The molecule has 1 aliphatic rings. The average Bonchev–Trinajstić information content (AvgIpc) is 2.41. The van der Waals surface area contributed by atoms with Crippen molar-refractivity contribution in [1.29, 1.82) is 5.26 Å². The van der Waals surface area contributed by atoms with Crippen molar-refractivity contribution in [2.75, 3.05) is 0 Å². The van der Waals surface area contributed by atoms with Gasteiger partial charge in [0.1, 0.15) is 11.0 Å². The van der Waals surface area contributed by atoms with Gasteiger partial charge in [0.15, 0.2) is 5.69 Å². The molecule has 0 saturated heterocycles. The van der Waals surface area contributed by atoms with E-state index in [1.54, 1.807) is 6.07 Å². The summed E-state index contributed by atoms with van der Waals surface area (Å²) in [6.45, 7) is 0.